The number of aromatic amines is 1. The van der Waals surface area contributed by atoms with Gasteiger partial charge in [-0.3, -0.25) is 9.89 Å². The molecular weight excluding hydrogens is 290 g/mol. The molecule has 1 N–H and O–H groups in total. The molecule has 2 atom stereocenters. The molecule has 5 nitrogen and oxygen atoms in total. The van der Waals surface area contributed by atoms with Crippen LogP contribution in [0.2, 0.25) is 0 Å². The number of H-pyrrole nitrogens is 1. The maximum absolute atomic E-state index is 13.1. The lowest BCUT2D eigenvalue weighted by Gasteiger charge is -2.36. The predicted molar refractivity (Wildman–Crippen MR) is 86.4 cm³/mol. The third kappa shape index (κ3) is 2.71. The number of carbonyl (C=O) groups excluding carboxylic acids is 1. The summed E-state index contributed by atoms with van der Waals surface area (Å²) in [5, 5.41) is 7.10. The fraction of sp³-hybridized carbons (Fsp3) is 0.444. The molecule has 1 saturated heterocycles. The van der Waals surface area contributed by atoms with Gasteiger partial charge in [0.15, 0.2) is 0 Å². The van der Waals surface area contributed by atoms with Crippen LogP contribution in [0.3, 0.4) is 0 Å². The van der Waals surface area contributed by atoms with Crippen molar-refractivity contribution in [2.24, 2.45) is 0 Å². The van der Waals surface area contributed by atoms with Crippen molar-refractivity contribution < 1.29 is 9.53 Å². The molecule has 4 rings (SSSR count). The minimum atomic E-state index is -0.0690. The third-order valence-corrected chi connectivity index (χ3v) is 4.95. The van der Waals surface area contributed by atoms with Crippen LogP contribution < -0.4 is 4.74 Å². The molecule has 0 bridgehead atoms. The Kier molecular flexibility index (Phi) is 3.77. The Hall–Kier alpha value is -2.30. The summed E-state index contributed by atoms with van der Waals surface area (Å²) < 4.78 is 5.69. The predicted octanol–water partition coefficient (Wildman–Crippen LogP) is 2.68. The fourth-order valence-corrected chi connectivity index (χ4v) is 3.74. The number of carbonyl (C=O) groups is 1. The molecule has 2 unspecified atom stereocenters. The Balaban J connectivity index is 1.53. The summed E-state index contributed by atoms with van der Waals surface area (Å²) in [5.41, 5.74) is 2.17. The summed E-state index contributed by atoms with van der Waals surface area (Å²) in [6, 6.07) is 9.94. The number of amides is 1. The van der Waals surface area contributed by atoms with Crippen molar-refractivity contribution in [1.29, 1.82) is 0 Å². The van der Waals surface area contributed by atoms with Crippen molar-refractivity contribution in [3.63, 3.8) is 0 Å². The van der Waals surface area contributed by atoms with Crippen molar-refractivity contribution in [3.8, 4) is 5.75 Å². The van der Waals surface area contributed by atoms with Crippen molar-refractivity contribution in [2.75, 3.05) is 19.7 Å². The van der Waals surface area contributed by atoms with E-state index in [1.807, 2.05) is 35.2 Å². The number of likely N-dealkylation sites (tertiary alicyclic amines) is 1. The molecule has 3 heterocycles. The van der Waals surface area contributed by atoms with E-state index in [-0.39, 0.29) is 11.8 Å². The normalized spacial score (nSPS) is 23.9. The number of nitrogens with zero attached hydrogens (tertiary/aromatic N) is 2. The van der Waals surface area contributed by atoms with Gasteiger partial charge >= 0.3 is 0 Å². The van der Waals surface area contributed by atoms with Crippen molar-refractivity contribution >= 4 is 5.91 Å². The molecule has 0 saturated carbocycles. The molecule has 23 heavy (non-hydrogen) atoms. The fourth-order valence-electron chi connectivity index (χ4n) is 3.74. The number of hydrogen-bond acceptors (Lipinski definition) is 3. The van der Waals surface area contributed by atoms with Gasteiger partial charge in [0.2, 0.25) is 5.91 Å². The Bertz CT molecular complexity index is 683. The van der Waals surface area contributed by atoms with E-state index in [1.54, 1.807) is 6.20 Å². The third-order valence-electron chi connectivity index (χ3n) is 4.95. The first kappa shape index (κ1) is 14.3. The van der Waals surface area contributed by atoms with Crippen LogP contribution in [0.1, 0.15) is 42.4 Å². The molecule has 1 aromatic heterocycles. The van der Waals surface area contributed by atoms with E-state index in [0.29, 0.717) is 12.5 Å². The first-order chi connectivity index (χ1) is 11.3. The van der Waals surface area contributed by atoms with Crippen LogP contribution in [0.25, 0.3) is 0 Å². The zero-order chi connectivity index (χ0) is 15.6. The molecule has 2 aliphatic heterocycles. The van der Waals surface area contributed by atoms with Crippen molar-refractivity contribution in [3.05, 3.63) is 47.8 Å². The van der Waals surface area contributed by atoms with Crippen LogP contribution >= 0.6 is 0 Å². The second-order valence-electron chi connectivity index (χ2n) is 6.36. The van der Waals surface area contributed by atoms with Gasteiger partial charge in [0.1, 0.15) is 5.75 Å². The summed E-state index contributed by atoms with van der Waals surface area (Å²) in [7, 11) is 0. The van der Waals surface area contributed by atoms with Crippen LogP contribution in [0, 0.1) is 0 Å². The molecular formula is C18H21N3O2. The topological polar surface area (TPSA) is 58.2 Å². The van der Waals surface area contributed by atoms with E-state index in [4.69, 9.17) is 4.74 Å². The van der Waals surface area contributed by atoms with Gasteiger partial charge in [-0.1, -0.05) is 18.2 Å². The lowest BCUT2D eigenvalue weighted by Crippen LogP contribution is -2.42. The SMILES string of the molecule is O=C(C1CCOc2ccccc21)N1CCCC(c2ccn[nH]2)C1. The summed E-state index contributed by atoms with van der Waals surface area (Å²) >= 11 is 0. The molecule has 1 amide bonds. The largest absolute Gasteiger partial charge is 0.493 e. The molecule has 1 fully saturated rings. The Morgan fingerprint density at radius 3 is 3.04 bits per heavy atom. The number of rotatable bonds is 2. The summed E-state index contributed by atoms with van der Waals surface area (Å²) in [5.74, 6) is 1.40. The number of para-hydroxylation sites is 1. The maximum Gasteiger partial charge on any atom is 0.230 e. The first-order valence-electron chi connectivity index (χ1n) is 8.32. The summed E-state index contributed by atoms with van der Waals surface area (Å²) in [4.78, 5) is 15.1. The van der Waals surface area contributed by atoms with E-state index in [1.165, 1.54) is 0 Å². The highest BCUT2D eigenvalue weighted by atomic mass is 16.5. The lowest BCUT2D eigenvalue weighted by molar-refractivity contribution is -0.134. The number of ether oxygens (including phenoxy) is 1. The van der Waals surface area contributed by atoms with Crippen LogP contribution in [0.5, 0.6) is 5.75 Å². The second-order valence-corrected chi connectivity index (χ2v) is 6.36. The average molecular weight is 311 g/mol. The van der Waals surface area contributed by atoms with E-state index >= 15 is 0 Å². The maximum atomic E-state index is 13.1. The van der Waals surface area contributed by atoms with Gasteiger partial charge < -0.3 is 9.64 Å². The number of piperidine rings is 1. The van der Waals surface area contributed by atoms with Gasteiger partial charge in [-0.25, -0.2) is 0 Å². The zero-order valence-corrected chi connectivity index (χ0v) is 13.1. The Morgan fingerprint density at radius 1 is 1.26 bits per heavy atom. The van der Waals surface area contributed by atoms with Gasteiger partial charge in [0, 0.05) is 36.5 Å². The smallest absolute Gasteiger partial charge is 0.230 e. The number of benzene rings is 1. The lowest BCUT2D eigenvalue weighted by atomic mass is 9.89. The quantitative estimate of drug-likeness (QED) is 0.927. The van der Waals surface area contributed by atoms with Crippen LogP contribution in [-0.4, -0.2) is 40.7 Å². The minimum absolute atomic E-state index is 0.0690. The molecule has 0 aliphatic carbocycles. The van der Waals surface area contributed by atoms with Crippen molar-refractivity contribution in [2.45, 2.75) is 31.1 Å². The van der Waals surface area contributed by atoms with Gasteiger partial charge in [0.05, 0.1) is 12.5 Å². The van der Waals surface area contributed by atoms with Gasteiger partial charge in [-0.05, 0) is 31.4 Å². The van der Waals surface area contributed by atoms with Crippen LogP contribution in [0.4, 0.5) is 0 Å². The highest BCUT2D eigenvalue weighted by molar-refractivity contribution is 5.85. The molecule has 120 valence electrons. The Morgan fingerprint density at radius 2 is 2.17 bits per heavy atom. The van der Waals surface area contributed by atoms with Gasteiger partial charge in [0.25, 0.3) is 0 Å². The first-order valence-corrected chi connectivity index (χ1v) is 8.32. The van der Waals surface area contributed by atoms with E-state index in [9.17, 15) is 4.79 Å². The van der Waals surface area contributed by atoms with Crippen LogP contribution in [0.15, 0.2) is 36.5 Å². The highest BCUT2D eigenvalue weighted by Crippen LogP contribution is 2.36. The number of aromatic nitrogens is 2. The molecule has 2 aliphatic rings. The second kappa shape index (κ2) is 6.07. The molecule has 0 spiro atoms. The summed E-state index contributed by atoms with van der Waals surface area (Å²) in [6.45, 7) is 2.24. The molecule has 5 heteroatoms. The zero-order valence-electron chi connectivity index (χ0n) is 13.1. The van der Waals surface area contributed by atoms with Gasteiger partial charge in [-0.15, -0.1) is 0 Å². The van der Waals surface area contributed by atoms with E-state index in [0.717, 1.165) is 49.4 Å². The number of nitrogens with one attached hydrogen (secondary N) is 1. The van der Waals surface area contributed by atoms with E-state index in [2.05, 4.69) is 10.2 Å². The number of hydrogen-bond donors (Lipinski definition) is 1. The van der Waals surface area contributed by atoms with Gasteiger partial charge in [-0.2, -0.15) is 5.10 Å². The minimum Gasteiger partial charge on any atom is -0.493 e. The van der Waals surface area contributed by atoms with Crippen LogP contribution in [-0.2, 0) is 4.79 Å². The molecule has 1 aromatic carbocycles. The standard InChI is InChI=1S/C18H21N3O2/c22-18(15-8-11-23-17-6-2-1-5-14(15)17)21-10-3-4-13(12-21)16-7-9-19-20-16/h1-2,5-7,9,13,15H,3-4,8,10-12H2,(H,19,20). The molecule has 2 aromatic rings. The average Bonchev–Trinajstić information content (AvgIpc) is 3.15. The Labute approximate surface area is 135 Å². The monoisotopic (exact) mass is 311 g/mol. The summed E-state index contributed by atoms with van der Waals surface area (Å²) in [6.07, 6.45) is 4.70. The number of fused-ring (bicyclic) bond motifs is 1. The van der Waals surface area contributed by atoms with Crippen molar-refractivity contribution in [1.82, 2.24) is 15.1 Å². The highest BCUT2D eigenvalue weighted by Gasteiger charge is 2.33. The molecule has 0 radical (unpaired) electrons. The van der Waals surface area contributed by atoms with E-state index < -0.39 is 0 Å².